The van der Waals surface area contributed by atoms with Crippen molar-refractivity contribution in [2.45, 2.75) is 18.9 Å². The van der Waals surface area contributed by atoms with E-state index in [2.05, 4.69) is 10.3 Å². The fourth-order valence-corrected chi connectivity index (χ4v) is 2.87. The second kappa shape index (κ2) is 8.94. The Labute approximate surface area is 158 Å². The molecule has 0 saturated heterocycles. The van der Waals surface area contributed by atoms with Gasteiger partial charge in [0.2, 0.25) is 5.91 Å². The van der Waals surface area contributed by atoms with Gasteiger partial charge in [0.1, 0.15) is 11.6 Å². The maximum absolute atomic E-state index is 13.3. The highest BCUT2D eigenvalue weighted by atomic mass is 19.1. The monoisotopic (exact) mass is 364 g/mol. The van der Waals surface area contributed by atoms with Crippen molar-refractivity contribution in [3.63, 3.8) is 0 Å². The lowest BCUT2D eigenvalue weighted by atomic mass is 9.91. The third-order valence-electron chi connectivity index (χ3n) is 4.38. The number of ether oxygens (including phenoxy) is 1. The lowest BCUT2D eigenvalue weighted by molar-refractivity contribution is -0.122. The van der Waals surface area contributed by atoms with E-state index in [1.165, 1.54) is 12.1 Å². The van der Waals surface area contributed by atoms with Gasteiger partial charge in [0.25, 0.3) is 0 Å². The highest BCUT2D eigenvalue weighted by Gasteiger charge is 2.21. The molecule has 2 aromatic carbocycles. The molecule has 1 amide bonds. The molecule has 1 unspecified atom stereocenters. The molecule has 5 heteroatoms. The minimum absolute atomic E-state index is 0.110. The molecule has 0 bridgehead atoms. The van der Waals surface area contributed by atoms with Gasteiger partial charge in [-0.05, 0) is 53.4 Å². The Morgan fingerprint density at radius 3 is 2.44 bits per heavy atom. The molecule has 3 aromatic rings. The third kappa shape index (κ3) is 5.14. The minimum Gasteiger partial charge on any atom is -0.497 e. The number of nitrogens with zero attached hydrogens (tertiary/aromatic N) is 1. The molecule has 27 heavy (non-hydrogen) atoms. The van der Waals surface area contributed by atoms with Crippen molar-refractivity contribution >= 4 is 5.91 Å². The van der Waals surface area contributed by atoms with Crippen LogP contribution >= 0.6 is 0 Å². The Balaban J connectivity index is 1.74. The van der Waals surface area contributed by atoms with Gasteiger partial charge in [0.15, 0.2) is 0 Å². The van der Waals surface area contributed by atoms with E-state index < -0.39 is 5.92 Å². The molecule has 1 heterocycles. The van der Waals surface area contributed by atoms with E-state index in [-0.39, 0.29) is 11.7 Å². The number of nitrogens with one attached hydrogen (secondary N) is 1. The molecule has 1 atom stereocenters. The summed E-state index contributed by atoms with van der Waals surface area (Å²) in [6, 6.07) is 17.4. The Bertz CT molecular complexity index is 865. The summed E-state index contributed by atoms with van der Waals surface area (Å²) >= 11 is 0. The van der Waals surface area contributed by atoms with Gasteiger partial charge < -0.3 is 10.1 Å². The number of pyridine rings is 1. The number of hydrogen-bond acceptors (Lipinski definition) is 3. The standard InChI is InChI=1S/C22H21FN2O2/c1-27-20-10-4-16(5-11-20)15-25-22(26)21(13-17-3-2-12-24-14-17)18-6-8-19(23)9-7-18/h2-12,14,21H,13,15H2,1H3,(H,25,26). The summed E-state index contributed by atoms with van der Waals surface area (Å²) in [5, 5.41) is 2.98. The number of carbonyl (C=O) groups excluding carboxylic acids is 1. The van der Waals surface area contributed by atoms with Gasteiger partial charge in [-0.3, -0.25) is 9.78 Å². The normalized spacial score (nSPS) is 11.6. The summed E-state index contributed by atoms with van der Waals surface area (Å²) < 4.78 is 18.4. The number of benzene rings is 2. The van der Waals surface area contributed by atoms with Gasteiger partial charge in [-0.2, -0.15) is 0 Å². The van der Waals surface area contributed by atoms with Gasteiger partial charge in [-0.25, -0.2) is 4.39 Å². The second-order valence-corrected chi connectivity index (χ2v) is 6.24. The fourth-order valence-electron chi connectivity index (χ4n) is 2.87. The van der Waals surface area contributed by atoms with Crippen LogP contribution in [0.2, 0.25) is 0 Å². The molecular weight excluding hydrogens is 343 g/mol. The summed E-state index contributed by atoms with van der Waals surface area (Å²) in [4.78, 5) is 17.0. The van der Waals surface area contributed by atoms with Crippen molar-refractivity contribution in [3.05, 3.63) is 95.6 Å². The van der Waals surface area contributed by atoms with Gasteiger partial charge in [-0.1, -0.05) is 30.3 Å². The molecule has 0 radical (unpaired) electrons. The Hall–Kier alpha value is -3.21. The van der Waals surface area contributed by atoms with Crippen LogP contribution in [-0.4, -0.2) is 18.0 Å². The molecule has 0 aliphatic rings. The minimum atomic E-state index is -0.423. The first-order valence-corrected chi connectivity index (χ1v) is 8.70. The van der Waals surface area contributed by atoms with E-state index in [0.717, 1.165) is 22.4 Å². The first-order chi connectivity index (χ1) is 13.2. The molecule has 0 fully saturated rings. The Kier molecular flexibility index (Phi) is 6.15. The second-order valence-electron chi connectivity index (χ2n) is 6.24. The number of methoxy groups -OCH3 is 1. The molecule has 138 valence electrons. The van der Waals surface area contributed by atoms with Gasteiger partial charge in [0, 0.05) is 18.9 Å². The van der Waals surface area contributed by atoms with Crippen LogP contribution in [0.3, 0.4) is 0 Å². The number of hydrogen-bond donors (Lipinski definition) is 1. The van der Waals surface area contributed by atoms with Crippen LogP contribution in [0, 0.1) is 5.82 Å². The number of halogens is 1. The quantitative estimate of drug-likeness (QED) is 0.692. The van der Waals surface area contributed by atoms with Crippen molar-refractivity contribution in [3.8, 4) is 5.75 Å². The van der Waals surface area contributed by atoms with Crippen LogP contribution < -0.4 is 10.1 Å². The molecule has 0 saturated carbocycles. The number of rotatable bonds is 7. The summed E-state index contributed by atoms with van der Waals surface area (Å²) in [7, 11) is 1.61. The fraction of sp³-hybridized carbons (Fsp3) is 0.182. The van der Waals surface area contributed by atoms with E-state index >= 15 is 0 Å². The summed E-state index contributed by atoms with van der Waals surface area (Å²) in [5.41, 5.74) is 2.70. The van der Waals surface area contributed by atoms with Crippen molar-refractivity contribution in [1.29, 1.82) is 0 Å². The predicted molar refractivity (Wildman–Crippen MR) is 102 cm³/mol. The van der Waals surface area contributed by atoms with Crippen LogP contribution in [0.15, 0.2) is 73.1 Å². The Morgan fingerprint density at radius 1 is 1.07 bits per heavy atom. The topological polar surface area (TPSA) is 51.2 Å². The highest BCUT2D eigenvalue weighted by Crippen LogP contribution is 2.22. The van der Waals surface area contributed by atoms with E-state index in [1.54, 1.807) is 31.6 Å². The van der Waals surface area contributed by atoms with E-state index in [4.69, 9.17) is 4.74 Å². The summed E-state index contributed by atoms with van der Waals surface area (Å²) in [5.74, 6) is -0.0855. The van der Waals surface area contributed by atoms with Crippen LogP contribution in [0.1, 0.15) is 22.6 Å². The summed E-state index contributed by atoms with van der Waals surface area (Å²) in [6.45, 7) is 0.410. The van der Waals surface area contributed by atoms with Gasteiger partial charge >= 0.3 is 0 Å². The molecule has 1 N–H and O–H groups in total. The molecule has 0 aliphatic carbocycles. The lowest BCUT2D eigenvalue weighted by Gasteiger charge is -2.17. The molecule has 4 nitrogen and oxygen atoms in total. The third-order valence-corrected chi connectivity index (χ3v) is 4.38. The largest absolute Gasteiger partial charge is 0.497 e. The van der Waals surface area contributed by atoms with Gasteiger partial charge in [-0.15, -0.1) is 0 Å². The lowest BCUT2D eigenvalue weighted by Crippen LogP contribution is -2.30. The average Bonchev–Trinajstić information content (AvgIpc) is 2.72. The molecule has 1 aromatic heterocycles. The maximum atomic E-state index is 13.3. The first kappa shape index (κ1) is 18.6. The average molecular weight is 364 g/mol. The van der Waals surface area contributed by atoms with Gasteiger partial charge in [0.05, 0.1) is 13.0 Å². The van der Waals surface area contributed by atoms with Crippen molar-refractivity contribution in [1.82, 2.24) is 10.3 Å². The first-order valence-electron chi connectivity index (χ1n) is 8.70. The smallest absolute Gasteiger partial charge is 0.228 e. The van der Waals surface area contributed by atoms with Crippen LogP contribution in [0.4, 0.5) is 4.39 Å². The van der Waals surface area contributed by atoms with Crippen LogP contribution in [0.5, 0.6) is 5.75 Å². The SMILES string of the molecule is COc1ccc(CNC(=O)C(Cc2cccnc2)c2ccc(F)cc2)cc1. The van der Waals surface area contributed by atoms with Crippen LogP contribution in [-0.2, 0) is 17.8 Å². The number of amides is 1. The van der Waals surface area contributed by atoms with Crippen molar-refractivity contribution in [2.75, 3.05) is 7.11 Å². The highest BCUT2D eigenvalue weighted by molar-refractivity contribution is 5.84. The maximum Gasteiger partial charge on any atom is 0.228 e. The zero-order valence-corrected chi connectivity index (χ0v) is 15.1. The van der Waals surface area contributed by atoms with Crippen molar-refractivity contribution in [2.24, 2.45) is 0 Å². The zero-order valence-electron chi connectivity index (χ0n) is 15.1. The molecule has 0 spiro atoms. The van der Waals surface area contributed by atoms with Crippen molar-refractivity contribution < 1.29 is 13.9 Å². The predicted octanol–water partition coefficient (Wildman–Crippen LogP) is 3.87. The molecule has 3 rings (SSSR count). The van der Waals surface area contributed by atoms with E-state index in [0.29, 0.717) is 13.0 Å². The molecular formula is C22H21FN2O2. The number of carbonyl (C=O) groups is 1. The van der Waals surface area contributed by atoms with E-state index in [1.807, 2.05) is 36.4 Å². The summed E-state index contributed by atoms with van der Waals surface area (Å²) in [6.07, 6.45) is 3.93. The Morgan fingerprint density at radius 2 is 1.81 bits per heavy atom. The number of aromatic nitrogens is 1. The van der Waals surface area contributed by atoms with E-state index in [9.17, 15) is 9.18 Å². The van der Waals surface area contributed by atoms with Crippen LogP contribution in [0.25, 0.3) is 0 Å². The zero-order chi connectivity index (χ0) is 19.1. The molecule has 0 aliphatic heterocycles.